The van der Waals surface area contributed by atoms with E-state index in [1.165, 1.54) is 0 Å². The minimum atomic E-state index is -0.980. The summed E-state index contributed by atoms with van der Waals surface area (Å²) >= 11 is 3.41. The quantitative estimate of drug-likeness (QED) is 0.889. The van der Waals surface area contributed by atoms with Gasteiger partial charge in [0.05, 0.1) is 5.52 Å². The molecule has 2 aromatic heterocycles. The molecule has 0 amide bonds. The van der Waals surface area contributed by atoms with E-state index in [2.05, 4.69) is 26.2 Å². The summed E-state index contributed by atoms with van der Waals surface area (Å²) in [7, 11) is 0. The summed E-state index contributed by atoms with van der Waals surface area (Å²) in [5.74, 6) is 0.126. The largest absolute Gasteiger partial charge is 0.476 e. The van der Waals surface area contributed by atoms with Crippen molar-refractivity contribution in [3.63, 3.8) is 0 Å². The monoisotopic (exact) mass is 309 g/mol. The maximum Gasteiger partial charge on any atom is 0.356 e. The first kappa shape index (κ1) is 11.7. The number of fused-ring (bicyclic) bond motifs is 1. The molecule has 0 saturated carbocycles. The van der Waals surface area contributed by atoms with Gasteiger partial charge in [0.2, 0.25) is 0 Å². The Morgan fingerprint density at radius 3 is 3.06 bits per heavy atom. The van der Waals surface area contributed by atoms with Gasteiger partial charge in [0.1, 0.15) is 5.82 Å². The number of nitrogens with zero attached hydrogens (tertiary/aromatic N) is 2. The normalized spacial score (nSPS) is 19.5. The first-order chi connectivity index (χ1) is 8.66. The van der Waals surface area contributed by atoms with Crippen LogP contribution in [0.3, 0.4) is 0 Å². The Morgan fingerprint density at radius 2 is 2.39 bits per heavy atom. The Morgan fingerprint density at radius 1 is 1.56 bits per heavy atom. The van der Waals surface area contributed by atoms with Crippen LogP contribution in [-0.2, 0) is 0 Å². The van der Waals surface area contributed by atoms with Crippen LogP contribution in [0.5, 0.6) is 0 Å². The third-order valence-electron chi connectivity index (χ3n) is 3.26. The van der Waals surface area contributed by atoms with Crippen LogP contribution >= 0.6 is 15.9 Å². The molecule has 1 aliphatic heterocycles. The van der Waals surface area contributed by atoms with Gasteiger partial charge in [0.15, 0.2) is 5.69 Å². The highest BCUT2D eigenvalue weighted by Crippen LogP contribution is 2.26. The second-order valence-electron chi connectivity index (χ2n) is 4.42. The highest BCUT2D eigenvalue weighted by molar-refractivity contribution is 9.10. The highest BCUT2D eigenvalue weighted by Gasteiger charge is 2.25. The second kappa shape index (κ2) is 4.37. The van der Waals surface area contributed by atoms with E-state index in [4.69, 9.17) is 0 Å². The number of rotatable bonds is 2. The summed E-state index contributed by atoms with van der Waals surface area (Å²) in [5, 5.41) is 12.5. The van der Waals surface area contributed by atoms with E-state index in [0.717, 1.165) is 29.8 Å². The van der Waals surface area contributed by atoms with Crippen LogP contribution in [-0.4, -0.2) is 33.6 Å². The number of aromatic nitrogens is 2. The molecule has 2 aromatic rings. The fraction of sp³-hybridized carbons (Fsp3) is 0.333. The van der Waals surface area contributed by atoms with Crippen molar-refractivity contribution in [1.82, 2.24) is 14.7 Å². The third kappa shape index (κ3) is 1.81. The Bertz CT molecular complexity index is 617. The fourth-order valence-corrected chi connectivity index (χ4v) is 2.74. The molecule has 0 aromatic carbocycles. The van der Waals surface area contributed by atoms with Gasteiger partial charge in [-0.15, -0.1) is 0 Å². The van der Waals surface area contributed by atoms with Crippen LogP contribution in [0.15, 0.2) is 22.8 Å². The number of imidazole rings is 1. The van der Waals surface area contributed by atoms with Crippen molar-refractivity contribution in [1.29, 1.82) is 0 Å². The molecule has 0 aliphatic carbocycles. The number of carboxylic acids is 1. The zero-order chi connectivity index (χ0) is 12.7. The zero-order valence-corrected chi connectivity index (χ0v) is 11.1. The van der Waals surface area contributed by atoms with Crippen molar-refractivity contribution in [2.24, 2.45) is 0 Å². The first-order valence-electron chi connectivity index (χ1n) is 5.78. The number of carbonyl (C=O) groups is 1. The number of aromatic carboxylic acids is 1. The van der Waals surface area contributed by atoms with E-state index in [1.807, 2.05) is 16.7 Å². The summed E-state index contributed by atoms with van der Waals surface area (Å²) in [4.78, 5) is 15.5. The molecule has 1 aliphatic rings. The van der Waals surface area contributed by atoms with Crippen LogP contribution < -0.4 is 5.32 Å². The lowest BCUT2D eigenvalue weighted by atomic mass is 10.1. The number of hydrogen-bond acceptors (Lipinski definition) is 3. The Balaban J connectivity index is 2.23. The molecule has 5 nitrogen and oxygen atoms in total. The van der Waals surface area contributed by atoms with E-state index in [9.17, 15) is 9.90 Å². The van der Waals surface area contributed by atoms with Crippen LogP contribution in [0.1, 0.15) is 28.7 Å². The molecular formula is C12H12BrN3O2. The maximum absolute atomic E-state index is 11.2. The Kier molecular flexibility index (Phi) is 2.83. The van der Waals surface area contributed by atoms with Gasteiger partial charge in [-0.05, 0) is 41.0 Å². The van der Waals surface area contributed by atoms with Crippen LogP contribution in [0.25, 0.3) is 5.52 Å². The van der Waals surface area contributed by atoms with Crippen LogP contribution in [0.2, 0.25) is 0 Å². The average Bonchev–Trinajstić information content (AvgIpc) is 2.93. The van der Waals surface area contributed by atoms with Crippen LogP contribution in [0.4, 0.5) is 0 Å². The second-order valence-corrected chi connectivity index (χ2v) is 5.33. The first-order valence-corrected chi connectivity index (χ1v) is 6.57. The average molecular weight is 310 g/mol. The number of halogens is 1. The lowest BCUT2D eigenvalue weighted by Crippen LogP contribution is -2.10. The standard InChI is InChI=1S/C12H12BrN3O2/c13-8-1-2-9-10(12(17)18)15-11(16(9)6-8)7-3-4-14-5-7/h1-2,6-7,14H,3-5H2,(H,17,18). The SMILES string of the molecule is O=C(O)c1nc(C2CCNC2)n2cc(Br)ccc12. The van der Waals surface area contributed by atoms with E-state index in [-0.39, 0.29) is 11.6 Å². The minimum Gasteiger partial charge on any atom is -0.476 e. The Hall–Kier alpha value is -1.40. The number of carboxylic acid groups (broad SMARTS) is 1. The molecule has 0 radical (unpaired) electrons. The summed E-state index contributed by atoms with van der Waals surface area (Å²) in [6, 6.07) is 3.62. The molecule has 0 bridgehead atoms. The van der Waals surface area contributed by atoms with E-state index in [0.29, 0.717) is 5.52 Å². The van der Waals surface area contributed by atoms with Gasteiger partial charge in [0.25, 0.3) is 0 Å². The van der Waals surface area contributed by atoms with Crippen molar-refractivity contribution in [3.8, 4) is 0 Å². The summed E-state index contributed by atoms with van der Waals surface area (Å²) in [6.45, 7) is 1.81. The molecule has 0 spiro atoms. The minimum absolute atomic E-state index is 0.129. The molecule has 1 fully saturated rings. The van der Waals surface area contributed by atoms with Crippen molar-refractivity contribution < 1.29 is 9.90 Å². The molecule has 3 rings (SSSR count). The summed E-state index contributed by atoms with van der Waals surface area (Å²) < 4.78 is 2.79. The molecule has 94 valence electrons. The molecule has 2 N–H and O–H groups in total. The Labute approximate surface area is 112 Å². The van der Waals surface area contributed by atoms with E-state index in [1.54, 1.807) is 6.07 Å². The van der Waals surface area contributed by atoms with Gasteiger partial charge in [-0.2, -0.15) is 0 Å². The van der Waals surface area contributed by atoms with Crippen molar-refractivity contribution in [3.05, 3.63) is 34.3 Å². The van der Waals surface area contributed by atoms with Crippen molar-refractivity contribution in [2.75, 3.05) is 13.1 Å². The summed E-state index contributed by atoms with van der Waals surface area (Å²) in [6.07, 6.45) is 2.87. The predicted molar refractivity (Wildman–Crippen MR) is 70.1 cm³/mol. The van der Waals surface area contributed by atoms with Crippen molar-refractivity contribution >= 4 is 27.4 Å². The lowest BCUT2D eigenvalue weighted by molar-refractivity contribution is 0.0693. The maximum atomic E-state index is 11.2. The van der Waals surface area contributed by atoms with Gasteiger partial charge in [-0.3, -0.25) is 0 Å². The third-order valence-corrected chi connectivity index (χ3v) is 3.73. The summed E-state index contributed by atoms with van der Waals surface area (Å²) in [5.41, 5.74) is 0.775. The van der Waals surface area contributed by atoms with Gasteiger partial charge in [0, 0.05) is 23.1 Å². The van der Waals surface area contributed by atoms with Gasteiger partial charge < -0.3 is 14.8 Å². The van der Waals surface area contributed by atoms with E-state index >= 15 is 0 Å². The smallest absolute Gasteiger partial charge is 0.356 e. The lowest BCUT2D eigenvalue weighted by Gasteiger charge is -2.07. The van der Waals surface area contributed by atoms with Gasteiger partial charge >= 0.3 is 5.97 Å². The predicted octanol–water partition coefficient (Wildman–Crippen LogP) is 1.87. The fourth-order valence-electron chi connectivity index (χ4n) is 2.40. The van der Waals surface area contributed by atoms with Crippen molar-refractivity contribution in [2.45, 2.75) is 12.3 Å². The molecule has 3 heterocycles. The molecule has 1 unspecified atom stereocenters. The molecule has 1 saturated heterocycles. The van der Waals surface area contributed by atoms with E-state index < -0.39 is 5.97 Å². The van der Waals surface area contributed by atoms with Gasteiger partial charge in [-0.25, -0.2) is 9.78 Å². The molecule has 1 atom stereocenters. The van der Waals surface area contributed by atoms with Crippen LogP contribution in [0, 0.1) is 0 Å². The topological polar surface area (TPSA) is 66.6 Å². The number of pyridine rings is 1. The number of nitrogens with one attached hydrogen (secondary N) is 1. The van der Waals surface area contributed by atoms with Gasteiger partial charge in [-0.1, -0.05) is 0 Å². The molecule has 18 heavy (non-hydrogen) atoms. The zero-order valence-electron chi connectivity index (χ0n) is 9.56. The number of hydrogen-bond donors (Lipinski definition) is 2. The highest BCUT2D eigenvalue weighted by atomic mass is 79.9. The molecular weight excluding hydrogens is 298 g/mol. The molecule has 6 heteroatoms.